The third kappa shape index (κ3) is 1.59. The fourth-order valence-electron chi connectivity index (χ4n) is 1.43. The molecule has 0 radical (unpaired) electrons. The molecule has 0 aliphatic heterocycles. The van der Waals surface area contributed by atoms with Crippen LogP contribution < -0.4 is 0 Å². The van der Waals surface area contributed by atoms with Gasteiger partial charge in [-0.2, -0.15) is 0 Å². The van der Waals surface area contributed by atoms with Gasteiger partial charge >= 0.3 is 0 Å². The predicted molar refractivity (Wildman–Crippen MR) is 50.8 cm³/mol. The number of nitrogens with zero attached hydrogens (tertiary/aromatic N) is 3. The van der Waals surface area contributed by atoms with Gasteiger partial charge in [0.1, 0.15) is 12.7 Å². The van der Waals surface area contributed by atoms with Crippen LogP contribution in [-0.4, -0.2) is 14.8 Å². The van der Waals surface area contributed by atoms with Crippen molar-refractivity contribution in [3.05, 3.63) is 42.0 Å². The number of aromatic nitrogens is 3. The zero-order valence-electron chi connectivity index (χ0n) is 7.73. The molecule has 2 rings (SSSR count). The maximum absolute atomic E-state index is 3.77. The number of rotatable bonds is 1. The summed E-state index contributed by atoms with van der Waals surface area (Å²) in [4.78, 5) is 0. The van der Waals surface area contributed by atoms with Crippen LogP contribution in [0.3, 0.4) is 0 Å². The van der Waals surface area contributed by atoms with Gasteiger partial charge < -0.3 is 0 Å². The van der Waals surface area contributed by atoms with Gasteiger partial charge in [0, 0.05) is 5.69 Å². The van der Waals surface area contributed by atoms with Crippen LogP contribution in [0.2, 0.25) is 0 Å². The maximum atomic E-state index is 3.77. The number of hydrogen-bond acceptors (Lipinski definition) is 2. The van der Waals surface area contributed by atoms with E-state index in [1.807, 2.05) is 4.57 Å². The lowest BCUT2D eigenvalue weighted by atomic mass is 10.1. The first-order chi connectivity index (χ1) is 6.25. The van der Waals surface area contributed by atoms with Gasteiger partial charge in [0.15, 0.2) is 0 Å². The van der Waals surface area contributed by atoms with Crippen LogP contribution in [0.4, 0.5) is 0 Å². The van der Waals surface area contributed by atoms with E-state index in [1.54, 1.807) is 12.7 Å². The molecule has 0 aliphatic carbocycles. The zero-order valence-corrected chi connectivity index (χ0v) is 7.73. The molecule has 66 valence electrons. The second-order valence-corrected chi connectivity index (χ2v) is 3.22. The van der Waals surface area contributed by atoms with Crippen LogP contribution in [0.1, 0.15) is 11.1 Å². The van der Waals surface area contributed by atoms with E-state index in [4.69, 9.17) is 0 Å². The lowest BCUT2D eigenvalue weighted by Gasteiger charge is -2.03. The van der Waals surface area contributed by atoms with Gasteiger partial charge in [-0.25, -0.2) is 0 Å². The summed E-state index contributed by atoms with van der Waals surface area (Å²) in [6.07, 6.45) is 3.41. The molecule has 3 heteroatoms. The molecule has 0 atom stereocenters. The molecule has 0 fully saturated rings. The Balaban J connectivity index is 2.53. The van der Waals surface area contributed by atoms with E-state index in [0.717, 1.165) is 5.69 Å². The van der Waals surface area contributed by atoms with Crippen molar-refractivity contribution >= 4 is 0 Å². The van der Waals surface area contributed by atoms with Crippen LogP contribution in [0.5, 0.6) is 0 Å². The molecule has 0 unspecified atom stereocenters. The van der Waals surface area contributed by atoms with Crippen LogP contribution in [0.25, 0.3) is 5.69 Å². The minimum atomic E-state index is 1.11. The largest absolute Gasteiger partial charge is 0.288 e. The molecule has 13 heavy (non-hydrogen) atoms. The van der Waals surface area contributed by atoms with Crippen molar-refractivity contribution in [2.24, 2.45) is 0 Å². The fourth-order valence-corrected chi connectivity index (χ4v) is 1.43. The Kier molecular flexibility index (Phi) is 1.85. The van der Waals surface area contributed by atoms with Crippen molar-refractivity contribution in [2.45, 2.75) is 13.8 Å². The molecule has 1 aromatic heterocycles. The van der Waals surface area contributed by atoms with Crippen molar-refractivity contribution < 1.29 is 0 Å². The number of benzene rings is 1. The third-order valence-corrected chi connectivity index (χ3v) is 1.92. The summed E-state index contributed by atoms with van der Waals surface area (Å²) in [6.45, 7) is 4.17. The average molecular weight is 173 g/mol. The van der Waals surface area contributed by atoms with Gasteiger partial charge in [-0.1, -0.05) is 6.07 Å². The Labute approximate surface area is 77.0 Å². The predicted octanol–water partition coefficient (Wildman–Crippen LogP) is 1.88. The number of aryl methyl sites for hydroxylation is 2. The fraction of sp³-hybridized carbons (Fsp3) is 0.200. The second kappa shape index (κ2) is 3.01. The lowest BCUT2D eigenvalue weighted by Crippen LogP contribution is -1.91. The van der Waals surface area contributed by atoms with E-state index in [0.29, 0.717) is 0 Å². The van der Waals surface area contributed by atoms with Crippen LogP contribution in [0, 0.1) is 13.8 Å². The molecule has 2 aromatic rings. The molecule has 0 bridgehead atoms. The Morgan fingerprint density at radius 2 is 1.46 bits per heavy atom. The summed E-state index contributed by atoms with van der Waals surface area (Å²) in [7, 11) is 0. The minimum absolute atomic E-state index is 1.11. The van der Waals surface area contributed by atoms with Gasteiger partial charge in [0.05, 0.1) is 0 Å². The maximum Gasteiger partial charge on any atom is 0.123 e. The standard InChI is InChI=1S/C10H11N3/c1-8-3-9(2)5-10(4-8)13-6-11-12-7-13/h3-7H,1-2H3. The van der Waals surface area contributed by atoms with Crippen molar-refractivity contribution in [1.29, 1.82) is 0 Å². The smallest absolute Gasteiger partial charge is 0.123 e. The molecule has 1 aromatic carbocycles. The highest BCUT2D eigenvalue weighted by Crippen LogP contribution is 2.12. The highest BCUT2D eigenvalue weighted by atomic mass is 15.2. The highest BCUT2D eigenvalue weighted by Gasteiger charge is 1.97. The molecule has 0 aliphatic rings. The van der Waals surface area contributed by atoms with E-state index in [-0.39, 0.29) is 0 Å². The third-order valence-electron chi connectivity index (χ3n) is 1.92. The van der Waals surface area contributed by atoms with E-state index in [1.165, 1.54) is 11.1 Å². The molecular formula is C10H11N3. The van der Waals surface area contributed by atoms with Gasteiger partial charge in [-0.05, 0) is 37.1 Å². The van der Waals surface area contributed by atoms with E-state index >= 15 is 0 Å². The number of hydrogen-bond donors (Lipinski definition) is 0. The zero-order chi connectivity index (χ0) is 9.26. The molecule has 3 nitrogen and oxygen atoms in total. The Hall–Kier alpha value is -1.64. The van der Waals surface area contributed by atoms with Gasteiger partial charge in [-0.3, -0.25) is 4.57 Å². The molecule has 0 saturated heterocycles. The molecule has 0 spiro atoms. The van der Waals surface area contributed by atoms with Crippen molar-refractivity contribution in [3.63, 3.8) is 0 Å². The summed E-state index contributed by atoms with van der Waals surface area (Å²) in [5.41, 5.74) is 3.62. The topological polar surface area (TPSA) is 30.7 Å². The first-order valence-electron chi connectivity index (χ1n) is 4.19. The summed E-state index contributed by atoms with van der Waals surface area (Å²) < 4.78 is 1.90. The van der Waals surface area contributed by atoms with Gasteiger partial charge in [0.2, 0.25) is 0 Å². The van der Waals surface area contributed by atoms with E-state index in [9.17, 15) is 0 Å². The monoisotopic (exact) mass is 173 g/mol. The molecule has 0 saturated carbocycles. The Morgan fingerprint density at radius 1 is 0.923 bits per heavy atom. The van der Waals surface area contributed by atoms with Crippen LogP contribution in [0.15, 0.2) is 30.9 Å². The van der Waals surface area contributed by atoms with Crippen LogP contribution in [-0.2, 0) is 0 Å². The Morgan fingerprint density at radius 3 is 2.00 bits per heavy atom. The van der Waals surface area contributed by atoms with Gasteiger partial charge in [0.25, 0.3) is 0 Å². The molecule has 1 heterocycles. The van der Waals surface area contributed by atoms with Crippen molar-refractivity contribution in [2.75, 3.05) is 0 Å². The van der Waals surface area contributed by atoms with Gasteiger partial charge in [-0.15, -0.1) is 10.2 Å². The van der Waals surface area contributed by atoms with Crippen LogP contribution >= 0.6 is 0 Å². The lowest BCUT2D eigenvalue weighted by molar-refractivity contribution is 1.05. The van der Waals surface area contributed by atoms with E-state index in [2.05, 4.69) is 42.2 Å². The average Bonchev–Trinajstić information content (AvgIpc) is 2.53. The first-order valence-corrected chi connectivity index (χ1v) is 4.19. The Bertz CT molecular complexity index is 384. The summed E-state index contributed by atoms with van der Waals surface area (Å²) >= 11 is 0. The highest BCUT2D eigenvalue weighted by molar-refractivity contribution is 5.38. The van der Waals surface area contributed by atoms with Crippen molar-refractivity contribution in [3.8, 4) is 5.69 Å². The second-order valence-electron chi connectivity index (χ2n) is 3.22. The SMILES string of the molecule is Cc1cc(C)cc(-n2cnnc2)c1. The first kappa shape index (κ1) is 7.98. The van der Waals surface area contributed by atoms with E-state index < -0.39 is 0 Å². The molecule has 0 N–H and O–H groups in total. The normalized spacial score (nSPS) is 10.3. The minimum Gasteiger partial charge on any atom is -0.288 e. The quantitative estimate of drug-likeness (QED) is 0.659. The summed E-state index contributed by atoms with van der Waals surface area (Å²) in [5, 5.41) is 7.54. The molecule has 0 amide bonds. The summed E-state index contributed by atoms with van der Waals surface area (Å²) in [5.74, 6) is 0. The van der Waals surface area contributed by atoms with Crippen molar-refractivity contribution in [1.82, 2.24) is 14.8 Å². The summed E-state index contributed by atoms with van der Waals surface area (Å²) in [6, 6.07) is 6.36. The molecular weight excluding hydrogens is 162 g/mol.